The number of rotatable bonds is 35. The molecule has 7 atom stereocenters. The maximum Gasteiger partial charge on any atom is 0.305 e. The molecule has 0 saturated heterocycles. The fourth-order valence-corrected chi connectivity index (χ4v) is 7.03. The number of amides is 9. The van der Waals surface area contributed by atoms with Gasteiger partial charge in [-0.25, -0.2) is 0 Å². The lowest BCUT2D eigenvalue weighted by Crippen LogP contribution is -2.59. The lowest BCUT2D eigenvalue weighted by molar-refractivity contribution is -0.141. The second-order valence-corrected chi connectivity index (χ2v) is 17.1. The minimum absolute atomic E-state index is 0.0316. The molecular formula is C42H69N13O12S3. The first-order chi connectivity index (χ1) is 33.3. The zero-order chi connectivity index (χ0) is 52.6. The van der Waals surface area contributed by atoms with Crippen molar-refractivity contribution in [2.24, 2.45) is 22.2 Å². The van der Waals surface area contributed by atoms with Crippen LogP contribution in [0.25, 0.3) is 0 Å². The molecule has 0 fully saturated rings. The Morgan fingerprint density at radius 3 is 1.76 bits per heavy atom. The summed E-state index contributed by atoms with van der Waals surface area (Å²) in [5.74, 6) is -9.36. The van der Waals surface area contributed by atoms with Crippen LogP contribution in [0, 0.1) is 0 Å². The van der Waals surface area contributed by atoms with E-state index in [4.69, 9.17) is 21.9 Å². The van der Waals surface area contributed by atoms with Crippen molar-refractivity contribution >= 4 is 102 Å². The largest absolute Gasteiger partial charge is 0.481 e. The molecule has 9 amide bonds. The number of aliphatic carboxylic acids is 1. The number of benzene rings is 1. The normalized spacial score (nSPS) is 13.7. The van der Waals surface area contributed by atoms with E-state index in [1.54, 1.807) is 36.6 Å². The number of nitrogens with two attached hydrogens (primary N) is 3. The third-order valence-corrected chi connectivity index (χ3v) is 11.1. The van der Waals surface area contributed by atoms with Gasteiger partial charge in [-0.05, 0) is 57.4 Å². The number of carboxylic acid groups (broad SMARTS) is 1. The monoisotopic (exact) mass is 1040 g/mol. The number of aliphatic imine (C=N–C) groups is 1. The maximum atomic E-state index is 13.6. The summed E-state index contributed by atoms with van der Waals surface area (Å²) < 4.78 is 4.92. The van der Waals surface area contributed by atoms with E-state index in [2.05, 4.69) is 78.1 Å². The first-order valence-electron chi connectivity index (χ1n) is 22.2. The van der Waals surface area contributed by atoms with Crippen LogP contribution in [0.5, 0.6) is 0 Å². The Kier molecular flexibility index (Phi) is 31.3. The molecular weight excluding hydrogens is 975 g/mol. The van der Waals surface area contributed by atoms with Gasteiger partial charge in [-0.3, -0.25) is 52.9 Å². The average molecular weight is 1040 g/mol. The van der Waals surface area contributed by atoms with Gasteiger partial charge in [0.15, 0.2) is 5.96 Å². The summed E-state index contributed by atoms with van der Waals surface area (Å²) >= 11 is 9.62. The molecule has 1 aromatic carbocycles. The molecule has 0 aliphatic carbocycles. The number of thiol groups is 2. The van der Waals surface area contributed by atoms with Gasteiger partial charge < -0.3 is 74.9 Å². The SMILES string of the molecule is COCCNC(=O)[C@H](C)NC(=O)[C@H](Cc1ccccc1)NC(=O)[C@H](CS)NC(=O)[C@H](CC(=O)O)NC(=O)CNC(=O)[C@H](CCCN=C(N)N)NC(=O)[C@H](CS)NC(=O)[C@H](CCCCN)NC(=O)CSC. The van der Waals surface area contributed by atoms with Crippen LogP contribution in [0.3, 0.4) is 0 Å². The predicted molar refractivity (Wildman–Crippen MR) is 268 cm³/mol. The predicted octanol–water partition coefficient (Wildman–Crippen LogP) is -4.60. The molecule has 70 heavy (non-hydrogen) atoms. The average Bonchev–Trinajstić information content (AvgIpc) is 3.31. The van der Waals surface area contributed by atoms with Crippen LogP contribution < -0.4 is 65.1 Å². The Labute approximate surface area is 421 Å². The maximum absolute atomic E-state index is 13.6. The lowest BCUT2D eigenvalue weighted by atomic mass is 10.0. The number of unbranched alkanes of at least 4 members (excludes halogenated alkanes) is 1. The third kappa shape index (κ3) is 25.7. The van der Waals surface area contributed by atoms with Gasteiger partial charge in [0.05, 0.1) is 25.3 Å². The summed E-state index contributed by atoms with van der Waals surface area (Å²) in [6.45, 7) is 1.44. The topological polar surface area (TPSA) is 399 Å². The van der Waals surface area contributed by atoms with Crippen LogP contribution in [0.2, 0.25) is 0 Å². The first-order valence-corrected chi connectivity index (χ1v) is 24.8. The van der Waals surface area contributed by atoms with E-state index in [-0.39, 0.29) is 68.6 Å². The van der Waals surface area contributed by atoms with Crippen LogP contribution in [-0.4, -0.2) is 176 Å². The molecule has 0 saturated carbocycles. The van der Waals surface area contributed by atoms with E-state index in [0.29, 0.717) is 24.9 Å². The van der Waals surface area contributed by atoms with E-state index < -0.39 is 114 Å². The van der Waals surface area contributed by atoms with Gasteiger partial charge in [-0.1, -0.05) is 30.3 Å². The number of hydrogen-bond acceptors (Lipinski definition) is 16. The highest BCUT2D eigenvalue weighted by molar-refractivity contribution is 7.99. The van der Waals surface area contributed by atoms with Crippen molar-refractivity contribution in [3.05, 3.63) is 35.9 Å². The number of carbonyl (C=O) groups is 10. The van der Waals surface area contributed by atoms with Gasteiger partial charge in [0.1, 0.15) is 42.3 Å². The number of methoxy groups -OCH3 is 1. The van der Waals surface area contributed by atoms with Gasteiger partial charge in [0, 0.05) is 38.1 Å². The third-order valence-electron chi connectivity index (χ3n) is 9.81. The summed E-state index contributed by atoms with van der Waals surface area (Å²) in [5.41, 5.74) is 17.1. The van der Waals surface area contributed by atoms with E-state index in [1.807, 2.05) is 0 Å². The molecule has 0 radical (unpaired) electrons. The van der Waals surface area contributed by atoms with Gasteiger partial charge in [-0.15, -0.1) is 0 Å². The van der Waals surface area contributed by atoms with Crippen LogP contribution >= 0.6 is 37.0 Å². The first kappa shape index (κ1) is 62.2. The van der Waals surface area contributed by atoms with E-state index in [1.165, 1.54) is 25.8 Å². The Hall–Kier alpha value is -5.84. The van der Waals surface area contributed by atoms with Crippen molar-refractivity contribution < 1.29 is 57.8 Å². The Morgan fingerprint density at radius 1 is 0.671 bits per heavy atom. The molecule has 0 aromatic heterocycles. The highest BCUT2D eigenvalue weighted by atomic mass is 32.2. The second-order valence-electron chi connectivity index (χ2n) is 15.5. The highest BCUT2D eigenvalue weighted by Crippen LogP contribution is 2.08. The number of thioether (sulfide) groups is 1. The summed E-state index contributed by atoms with van der Waals surface area (Å²) in [4.78, 5) is 135. The summed E-state index contributed by atoms with van der Waals surface area (Å²) in [5, 5.41) is 31.9. The molecule has 0 aliphatic heterocycles. The molecule has 0 bridgehead atoms. The standard InChI is InChI=1S/C42H69N13O12S3/c1-24(35(60)46-16-17-67-2)49-38(63)28(18-25-10-5-4-6-11-25)53-41(66)31(22-69)55-39(64)29(19-34(58)59)51-32(56)20-48-36(61)26(13-9-15-47-42(44)45)52-40(65)30(21-68)54-37(62)27(12-7-8-14-43)50-33(57)23-70-3/h4-6,10-11,24,26-31,68-69H,7-9,12-23,43H2,1-3H3,(H,46,60)(H,48,61)(H,49,63)(H,50,57)(H,51,56)(H,52,65)(H,53,66)(H,54,62)(H,55,64)(H,58,59)(H4,44,45,47)/t24-,26-,27-,28-,29-,30-,31-/m0/s1. The number of ether oxygens (including phenoxy) is 1. The van der Waals surface area contributed by atoms with Gasteiger partial charge in [0.25, 0.3) is 0 Å². The molecule has 25 nitrogen and oxygen atoms in total. The van der Waals surface area contributed by atoms with Crippen molar-refractivity contribution in [2.75, 3.05) is 63.4 Å². The second kappa shape index (κ2) is 35.3. The van der Waals surface area contributed by atoms with E-state index in [9.17, 15) is 53.1 Å². The minimum Gasteiger partial charge on any atom is -0.481 e. The van der Waals surface area contributed by atoms with Crippen molar-refractivity contribution in [1.29, 1.82) is 0 Å². The number of guanidine groups is 1. The fourth-order valence-electron chi connectivity index (χ4n) is 6.17. The molecule has 0 unspecified atom stereocenters. The Bertz CT molecular complexity index is 1920. The Balaban J connectivity index is 3.16. The van der Waals surface area contributed by atoms with Crippen LogP contribution in [0.15, 0.2) is 35.3 Å². The smallest absolute Gasteiger partial charge is 0.305 e. The lowest BCUT2D eigenvalue weighted by Gasteiger charge is -2.25. The molecule has 0 aliphatic rings. The van der Waals surface area contributed by atoms with Crippen LogP contribution in [0.1, 0.15) is 51.0 Å². The highest BCUT2D eigenvalue weighted by Gasteiger charge is 2.33. The fraction of sp³-hybridized carbons (Fsp3) is 0.595. The number of carbonyl (C=O) groups excluding carboxylic acids is 9. The van der Waals surface area contributed by atoms with Crippen molar-refractivity contribution in [2.45, 2.75) is 94.2 Å². The van der Waals surface area contributed by atoms with E-state index in [0.717, 1.165) is 0 Å². The van der Waals surface area contributed by atoms with Crippen molar-refractivity contribution in [3.63, 3.8) is 0 Å². The van der Waals surface area contributed by atoms with Gasteiger partial charge >= 0.3 is 5.97 Å². The van der Waals surface area contributed by atoms with Gasteiger partial charge in [0.2, 0.25) is 53.2 Å². The summed E-state index contributed by atoms with van der Waals surface area (Å²) in [7, 11) is 1.46. The molecule has 28 heteroatoms. The van der Waals surface area contributed by atoms with E-state index >= 15 is 0 Å². The number of hydrogen-bond donors (Lipinski definition) is 15. The number of carboxylic acids is 1. The summed E-state index contributed by atoms with van der Waals surface area (Å²) in [6, 6.07) is -0.587. The van der Waals surface area contributed by atoms with Gasteiger partial charge in [-0.2, -0.15) is 37.0 Å². The summed E-state index contributed by atoms with van der Waals surface area (Å²) in [6.07, 6.45) is 2.10. The quantitative estimate of drug-likeness (QED) is 0.0132. The molecule has 1 aromatic rings. The molecule has 16 N–H and O–H groups in total. The number of nitrogens with zero attached hydrogens (tertiary/aromatic N) is 1. The number of nitrogens with one attached hydrogen (secondary N) is 9. The molecule has 392 valence electrons. The zero-order valence-corrected chi connectivity index (χ0v) is 42.1. The van der Waals surface area contributed by atoms with Crippen molar-refractivity contribution in [1.82, 2.24) is 47.9 Å². The Morgan fingerprint density at radius 2 is 1.20 bits per heavy atom. The van der Waals surface area contributed by atoms with Crippen LogP contribution in [0.4, 0.5) is 0 Å². The minimum atomic E-state index is -1.79. The molecule has 0 spiro atoms. The zero-order valence-electron chi connectivity index (χ0n) is 39.5. The molecule has 0 heterocycles. The van der Waals surface area contributed by atoms with Crippen molar-refractivity contribution in [3.8, 4) is 0 Å². The molecule has 1 rings (SSSR count). The van der Waals surface area contributed by atoms with Crippen LogP contribution in [-0.2, 0) is 59.1 Å².